The molecular weight excluding hydrogens is 236 g/mol. The summed E-state index contributed by atoms with van der Waals surface area (Å²) in [4.78, 5) is 2.43. The van der Waals surface area contributed by atoms with Crippen LogP contribution < -0.4 is 5.73 Å². The van der Waals surface area contributed by atoms with E-state index in [0.717, 1.165) is 45.6 Å². The Morgan fingerprint density at radius 2 is 1.95 bits per heavy atom. The monoisotopic (exact) mass is 262 g/mol. The summed E-state index contributed by atoms with van der Waals surface area (Å²) in [5.41, 5.74) is 7.39. The first-order valence-corrected chi connectivity index (χ1v) is 7.33. The zero-order valence-corrected chi connectivity index (χ0v) is 11.9. The largest absolute Gasteiger partial charge is 0.381 e. The maximum absolute atomic E-state index is 5.99. The van der Waals surface area contributed by atoms with Crippen LogP contribution in [0.1, 0.15) is 18.4 Å². The van der Waals surface area contributed by atoms with Crippen LogP contribution in [-0.2, 0) is 11.2 Å². The summed E-state index contributed by atoms with van der Waals surface area (Å²) in [6.45, 7) is 3.61. The molecule has 1 fully saturated rings. The van der Waals surface area contributed by atoms with Crippen LogP contribution in [0.15, 0.2) is 30.3 Å². The van der Waals surface area contributed by atoms with Gasteiger partial charge in [0.1, 0.15) is 0 Å². The van der Waals surface area contributed by atoms with E-state index in [0.29, 0.717) is 12.0 Å². The Balaban J connectivity index is 1.84. The van der Waals surface area contributed by atoms with Gasteiger partial charge in [-0.15, -0.1) is 0 Å². The van der Waals surface area contributed by atoms with Gasteiger partial charge in [-0.1, -0.05) is 30.3 Å². The highest BCUT2D eigenvalue weighted by Crippen LogP contribution is 2.21. The summed E-state index contributed by atoms with van der Waals surface area (Å²) >= 11 is 0. The fraction of sp³-hybridized carbons (Fsp3) is 0.625. The van der Waals surface area contributed by atoms with E-state index in [1.165, 1.54) is 5.56 Å². The molecule has 0 radical (unpaired) electrons. The van der Waals surface area contributed by atoms with Crippen LogP contribution in [0.2, 0.25) is 0 Å². The van der Waals surface area contributed by atoms with Gasteiger partial charge in [0.15, 0.2) is 0 Å². The van der Waals surface area contributed by atoms with Gasteiger partial charge in [-0.2, -0.15) is 0 Å². The van der Waals surface area contributed by atoms with Gasteiger partial charge in [0.2, 0.25) is 0 Å². The molecular formula is C16H26N2O. The van der Waals surface area contributed by atoms with Gasteiger partial charge < -0.3 is 15.4 Å². The Morgan fingerprint density at radius 1 is 1.26 bits per heavy atom. The molecule has 0 aromatic heterocycles. The van der Waals surface area contributed by atoms with Crippen molar-refractivity contribution in [2.24, 2.45) is 11.7 Å². The van der Waals surface area contributed by atoms with Crippen LogP contribution in [0.5, 0.6) is 0 Å². The molecule has 3 nitrogen and oxygen atoms in total. The van der Waals surface area contributed by atoms with Crippen LogP contribution in [0.3, 0.4) is 0 Å². The van der Waals surface area contributed by atoms with Gasteiger partial charge in [-0.05, 0) is 37.8 Å². The smallest absolute Gasteiger partial charge is 0.0469 e. The summed E-state index contributed by atoms with van der Waals surface area (Å²) in [7, 11) is 2.20. The normalized spacial score (nSPS) is 18.7. The number of benzene rings is 1. The number of ether oxygens (including phenoxy) is 1. The lowest BCUT2D eigenvalue weighted by Gasteiger charge is -2.36. The Labute approximate surface area is 116 Å². The number of hydrogen-bond donors (Lipinski definition) is 1. The van der Waals surface area contributed by atoms with Crippen LogP contribution in [0.4, 0.5) is 0 Å². The summed E-state index contributed by atoms with van der Waals surface area (Å²) in [5.74, 6) is 0.694. The fourth-order valence-corrected chi connectivity index (χ4v) is 2.95. The van der Waals surface area contributed by atoms with Gasteiger partial charge in [-0.25, -0.2) is 0 Å². The first kappa shape index (κ1) is 14.5. The third kappa shape index (κ3) is 4.30. The molecule has 0 saturated carbocycles. The predicted molar refractivity (Wildman–Crippen MR) is 79.2 cm³/mol. The second-order valence-electron chi connectivity index (χ2n) is 5.47. The van der Waals surface area contributed by atoms with E-state index in [9.17, 15) is 0 Å². The molecule has 0 bridgehead atoms. The maximum Gasteiger partial charge on any atom is 0.0469 e. The molecule has 1 aliphatic heterocycles. The average Bonchev–Trinajstić information content (AvgIpc) is 2.48. The van der Waals surface area contributed by atoms with Gasteiger partial charge >= 0.3 is 0 Å². The highest BCUT2D eigenvalue weighted by atomic mass is 16.5. The number of likely N-dealkylation sites (N-methyl/N-ethyl adjacent to an activating group) is 1. The number of nitrogens with zero attached hydrogens (tertiary/aromatic N) is 1. The first-order valence-electron chi connectivity index (χ1n) is 7.33. The molecule has 2 rings (SSSR count). The lowest BCUT2D eigenvalue weighted by atomic mass is 9.90. The van der Waals surface area contributed by atoms with E-state index < -0.39 is 0 Å². The molecule has 1 atom stereocenters. The molecule has 1 aromatic rings. The van der Waals surface area contributed by atoms with Crippen molar-refractivity contribution in [2.45, 2.75) is 25.3 Å². The standard InChI is InChI=1S/C16H26N2O/c1-18(10-7-14-5-3-2-4-6-14)16(13-17)15-8-11-19-12-9-15/h2-6,15-16H,7-13,17H2,1H3. The number of rotatable bonds is 6. The molecule has 1 saturated heterocycles. The van der Waals surface area contributed by atoms with Crippen LogP contribution in [-0.4, -0.2) is 44.3 Å². The molecule has 106 valence electrons. The zero-order chi connectivity index (χ0) is 13.5. The zero-order valence-electron chi connectivity index (χ0n) is 11.9. The minimum Gasteiger partial charge on any atom is -0.381 e. The highest BCUT2D eigenvalue weighted by Gasteiger charge is 2.25. The Bertz CT molecular complexity index is 349. The van der Waals surface area contributed by atoms with E-state index in [1.54, 1.807) is 0 Å². The fourth-order valence-electron chi connectivity index (χ4n) is 2.95. The molecule has 0 spiro atoms. The molecule has 0 aliphatic carbocycles. The van der Waals surface area contributed by atoms with Crippen molar-refractivity contribution in [1.29, 1.82) is 0 Å². The summed E-state index contributed by atoms with van der Waals surface area (Å²) < 4.78 is 5.44. The Morgan fingerprint density at radius 3 is 2.58 bits per heavy atom. The van der Waals surface area contributed by atoms with Crippen molar-refractivity contribution in [3.05, 3.63) is 35.9 Å². The minimum atomic E-state index is 0.493. The van der Waals surface area contributed by atoms with Crippen molar-refractivity contribution < 1.29 is 4.74 Å². The van der Waals surface area contributed by atoms with Gasteiger partial charge in [-0.3, -0.25) is 0 Å². The molecule has 3 heteroatoms. The quantitative estimate of drug-likeness (QED) is 0.851. The molecule has 1 heterocycles. The van der Waals surface area contributed by atoms with Crippen LogP contribution >= 0.6 is 0 Å². The minimum absolute atomic E-state index is 0.493. The lowest BCUT2D eigenvalue weighted by Crippen LogP contribution is -2.46. The molecule has 2 N–H and O–H groups in total. The van der Waals surface area contributed by atoms with Gasteiger partial charge in [0.25, 0.3) is 0 Å². The highest BCUT2D eigenvalue weighted by molar-refractivity contribution is 5.14. The third-order valence-corrected chi connectivity index (χ3v) is 4.21. The molecule has 1 aliphatic rings. The second kappa shape index (κ2) is 7.63. The molecule has 19 heavy (non-hydrogen) atoms. The van der Waals surface area contributed by atoms with Crippen molar-refractivity contribution in [3.63, 3.8) is 0 Å². The average molecular weight is 262 g/mol. The van der Waals surface area contributed by atoms with Crippen molar-refractivity contribution in [1.82, 2.24) is 4.90 Å². The molecule has 0 amide bonds. The summed E-state index contributed by atoms with van der Waals surface area (Å²) in [6.07, 6.45) is 3.39. The topological polar surface area (TPSA) is 38.5 Å². The van der Waals surface area contributed by atoms with Gasteiger partial charge in [0, 0.05) is 32.3 Å². The van der Waals surface area contributed by atoms with Crippen LogP contribution in [0.25, 0.3) is 0 Å². The summed E-state index contributed by atoms with van der Waals surface area (Å²) in [5, 5.41) is 0. The SMILES string of the molecule is CN(CCc1ccccc1)C(CN)C1CCOCC1. The maximum atomic E-state index is 5.99. The number of nitrogens with two attached hydrogens (primary N) is 1. The van der Waals surface area contributed by atoms with E-state index in [1.807, 2.05) is 0 Å². The second-order valence-corrected chi connectivity index (χ2v) is 5.47. The lowest BCUT2D eigenvalue weighted by molar-refractivity contribution is 0.0340. The van der Waals surface area contributed by atoms with E-state index in [2.05, 4.69) is 42.3 Å². The summed E-state index contributed by atoms with van der Waals surface area (Å²) in [6, 6.07) is 11.2. The van der Waals surface area contributed by atoms with Crippen molar-refractivity contribution >= 4 is 0 Å². The Hall–Kier alpha value is -0.900. The number of hydrogen-bond acceptors (Lipinski definition) is 3. The van der Waals surface area contributed by atoms with E-state index in [-0.39, 0.29) is 0 Å². The predicted octanol–water partition coefficient (Wildman–Crippen LogP) is 1.91. The van der Waals surface area contributed by atoms with Gasteiger partial charge in [0.05, 0.1) is 0 Å². The van der Waals surface area contributed by atoms with Crippen molar-refractivity contribution in [3.8, 4) is 0 Å². The van der Waals surface area contributed by atoms with Crippen molar-refractivity contribution in [2.75, 3.05) is 33.4 Å². The first-order chi connectivity index (χ1) is 9.31. The molecule has 1 aromatic carbocycles. The van der Waals surface area contributed by atoms with E-state index in [4.69, 9.17) is 10.5 Å². The third-order valence-electron chi connectivity index (χ3n) is 4.21. The Kier molecular flexibility index (Phi) is 5.83. The van der Waals surface area contributed by atoms with Crippen LogP contribution in [0, 0.1) is 5.92 Å². The molecule has 1 unspecified atom stereocenters. The van der Waals surface area contributed by atoms with E-state index >= 15 is 0 Å².